The molecule has 5 rings (SSSR count). The molecule has 0 unspecified atom stereocenters. The van der Waals surface area contributed by atoms with E-state index < -0.39 is 0 Å². The van der Waals surface area contributed by atoms with Crippen molar-refractivity contribution < 1.29 is 0 Å². The van der Waals surface area contributed by atoms with Gasteiger partial charge in [-0.05, 0) is 18.2 Å². The van der Waals surface area contributed by atoms with E-state index in [1.54, 1.807) is 0 Å². The van der Waals surface area contributed by atoms with Crippen LogP contribution in [0, 0.1) is 0 Å². The number of halogens is 1. The van der Waals surface area contributed by atoms with E-state index in [1.165, 1.54) is 16.3 Å². The second-order valence-electron chi connectivity index (χ2n) is 5.41. The van der Waals surface area contributed by atoms with E-state index in [4.69, 9.17) is 19.4 Å². The fourth-order valence-corrected chi connectivity index (χ4v) is 3.83. The Hall–Kier alpha value is -2.19. The smallest absolute Gasteiger partial charge is 0.114 e. The van der Waals surface area contributed by atoms with Crippen LogP contribution in [0.15, 0.2) is 54.6 Å². The van der Waals surface area contributed by atoms with Crippen LogP contribution < -0.4 is 5.46 Å². The molecule has 0 fully saturated rings. The van der Waals surface area contributed by atoms with Crippen LogP contribution in [0.1, 0.15) is 0 Å². The van der Waals surface area contributed by atoms with Gasteiger partial charge < -0.3 is 4.40 Å². The molecule has 5 aromatic rings. The lowest BCUT2D eigenvalue weighted by atomic mass is 9.91. The van der Waals surface area contributed by atoms with E-state index in [9.17, 15) is 0 Å². The molecule has 2 heterocycles. The topological polar surface area (TPSA) is 4.41 Å². The summed E-state index contributed by atoms with van der Waals surface area (Å²) in [6, 6.07) is 18.5. The van der Waals surface area contributed by atoms with Gasteiger partial charge in [-0.15, -0.1) is 0 Å². The molecule has 0 N–H and O–H groups in total. The third kappa shape index (κ3) is 1.25. The second-order valence-corrected chi connectivity index (χ2v) is 5.82. The molecular weight excluding hydrogens is 276 g/mol. The molecule has 0 saturated carbocycles. The molecule has 0 amide bonds. The highest BCUT2D eigenvalue weighted by Gasteiger charge is 2.18. The van der Waals surface area contributed by atoms with Crippen molar-refractivity contribution >= 4 is 63.0 Å². The molecular formula is C18H9BClN. The van der Waals surface area contributed by atoms with Crippen LogP contribution in [0.25, 0.3) is 38.1 Å². The highest BCUT2D eigenvalue weighted by Crippen LogP contribution is 2.40. The van der Waals surface area contributed by atoms with Crippen LogP contribution in [-0.2, 0) is 0 Å². The first-order valence-electron chi connectivity index (χ1n) is 6.88. The number of hydrogen-bond acceptors (Lipinski definition) is 0. The Morgan fingerprint density at radius 2 is 1.38 bits per heavy atom. The Labute approximate surface area is 127 Å². The van der Waals surface area contributed by atoms with E-state index >= 15 is 0 Å². The summed E-state index contributed by atoms with van der Waals surface area (Å²) in [5.41, 5.74) is 4.29. The van der Waals surface area contributed by atoms with Gasteiger partial charge in [0.2, 0.25) is 0 Å². The maximum atomic E-state index is 6.45. The first kappa shape index (κ1) is 11.5. The maximum Gasteiger partial charge on any atom is 0.114 e. The molecule has 1 nitrogen and oxygen atoms in total. The summed E-state index contributed by atoms with van der Waals surface area (Å²) in [5.74, 6) is 0. The van der Waals surface area contributed by atoms with Gasteiger partial charge in [0, 0.05) is 21.5 Å². The lowest BCUT2D eigenvalue weighted by Crippen LogP contribution is -2.01. The monoisotopic (exact) mass is 285 g/mol. The highest BCUT2D eigenvalue weighted by atomic mass is 35.5. The molecule has 0 atom stereocenters. The molecule has 0 spiro atoms. The molecule has 96 valence electrons. The van der Waals surface area contributed by atoms with Crippen molar-refractivity contribution in [1.29, 1.82) is 0 Å². The second kappa shape index (κ2) is 3.72. The van der Waals surface area contributed by atoms with Gasteiger partial charge in [0.1, 0.15) is 7.85 Å². The number of benzene rings is 3. The van der Waals surface area contributed by atoms with E-state index in [-0.39, 0.29) is 0 Å². The van der Waals surface area contributed by atoms with Gasteiger partial charge in [-0.3, -0.25) is 0 Å². The summed E-state index contributed by atoms with van der Waals surface area (Å²) in [6.45, 7) is 0. The quantitative estimate of drug-likeness (QED) is 0.374. The lowest BCUT2D eigenvalue weighted by molar-refractivity contribution is 1.37. The highest BCUT2D eigenvalue weighted by molar-refractivity contribution is 6.44. The predicted octanol–water partition coefficient (Wildman–Crippen LogP) is 4.28. The number of fused-ring (bicyclic) bond motifs is 6. The van der Waals surface area contributed by atoms with Gasteiger partial charge in [-0.25, -0.2) is 0 Å². The minimum Gasteiger partial charge on any atom is -0.308 e. The summed E-state index contributed by atoms with van der Waals surface area (Å²) in [4.78, 5) is 0. The van der Waals surface area contributed by atoms with Crippen LogP contribution in [0.2, 0.25) is 5.02 Å². The lowest BCUT2D eigenvalue weighted by Gasteiger charge is -2.01. The normalized spacial score (nSPS) is 12.2. The van der Waals surface area contributed by atoms with Crippen molar-refractivity contribution in [2.24, 2.45) is 0 Å². The molecule has 0 saturated heterocycles. The number of nitrogens with zero attached hydrogens (tertiary/aromatic N) is 1. The molecule has 3 heteroatoms. The number of hydrogen-bond donors (Lipinski definition) is 0. The van der Waals surface area contributed by atoms with Gasteiger partial charge in [0.25, 0.3) is 0 Å². The molecule has 0 aliphatic rings. The summed E-state index contributed by atoms with van der Waals surface area (Å²) in [7, 11) is 6.22. The summed E-state index contributed by atoms with van der Waals surface area (Å²) >= 11 is 6.45. The van der Waals surface area contributed by atoms with Crippen LogP contribution >= 0.6 is 11.6 Å². The Balaban J connectivity index is 2.30. The van der Waals surface area contributed by atoms with E-state index in [0.717, 1.165) is 32.3 Å². The zero-order chi connectivity index (χ0) is 14.1. The van der Waals surface area contributed by atoms with Crippen molar-refractivity contribution in [1.82, 2.24) is 4.40 Å². The van der Waals surface area contributed by atoms with Gasteiger partial charge in [0.15, 0.2) is 0 Å². The maximum absolute atomic E-state index is 6.45. The fraction of sp³-hybridized carbons (Fsp3) is 0. The molecule has 0 aliphatic heterocycles. The van der Waals surface area contributed by atoms with Gasteiger partial charge in [0.05, 0.1) is 21.6 Å². The van der Waals surface area contributed by atoms with E-state index in [2.05, 4.69) is 34.7 Å². The van der Waals surface area contributed by atoms with E-state index in [0.29, 0.717) is 0 Å². The van der Waals surface area contributed by atoms with Crippen LogP contribution in [0.3, 0.4) is 0 Å². The SMILES string of the molecule is [B]c1cccc2c1c1cccc3c4c(Cl)cccc4n2c13. The molecule has 2 radical (unpaired) electrons. The summed E-state index contributed by atoms with van der Waals surface area (Å²) in [5, 5.41) is 5.40. The minimum atomic E-state index is 0.792. The van der Waals surface area contributed by atoms with Crippen molar-refractivity contribution in [2.75, 3.05) is 0 Å². The number of rotatable bonds is 0. The summed E-state index contributed by atoms with van der Waals surface area (Å²) < 4.78 is 2.28. The Bertz CT molecular complexity index is 1070. The van der Waals surface area contributed by atoms with Crippen LogP contribution in [0.4, 0.5) is 0 Å². The largest absolute Gasteiger partial charge is 0.308 e. The van der Waals surface area contributed by atoms with Gasteiger partial charge in [-0.1, -0.05) is 53.5 Å². The third-order valence-corrected chi connectivity index (χ3v) is 4.66. The average molecular weight is 286 g/mol. The Morgan fingerprint density at radius 3 is 2.19 bits per heavy atom. The number of para-hydroxylation sites is 1. The molecule has 2 aromatic heterocycles. The predicted molar refractivity (Wildman–Crippen MR) is 91.5 cm³/mol. The summed E-state index contributed by atoms with van der Waals surface area (Å²) in [6.07, 6.45) is 0. The first-order chi connectivity index (χ1) is 10.3. The zero-order valence-corrected chi connectivity index (χ0v) is 11.9. The Morgan fingerprint density at radius 1 is 0.762 bits per heavy atom. The minimum absolute atomic E-state index is 0.792. The van der Waals surface area contributed by atoms with Crippen molar-refractivity contribution in [3.8, 4) is 0 Å². The molecule has 3 aromatic carbocycles. The van der Waals surface area contributed by atoms with Gasteiger partial charge in [-0.2, -0.15) is 0 Å². The molecule has 0 aliphatic carbocycles. The molecule has 0 bridgehead atoms. The Kier molecular flexibility index (Phi) is 2.03. The van der Waals surface area contributed by atoms with Gasteiger partial charge >= 0.3 is 0 Å². The third-order valence-electron chi connectivity index (χ3n) is 4.35. The van der Waals surface area contributed by atoms with Crippen molar-refractivity contribution in [3.63, 3.8) is 0 Å². The van der Waals surface area contributed by atoms with Crippen LogP contribution in [-0.4, -0.2) is 12.2 Å². The van der Waals surface area contributed by atoms with E-state index in [1.807, 2.05) is 24.3 Å². The zero-order valence-electron chi connectivity index (χ0n) is 11.1. The van der Waals surface area contributed by atoms with Crippen molar-refractivity contribution in [3.05, 3.63) is 59.6 Å². The number of aromatic nitrogens is 1. The molecule has 21 heavy (non-hydrogen) atoms. The van der Waals surface area contributed by atoms with Crippen molar-refractivity contribution in [2.45, 2.75) is 0 Å². The average Bonchev–Trinajstić information content (AvgIpc) is 3.00. The first-order valence-corrected chi connectivity index (χ1v) is 7.26. The standard InChI is InChI=1S/C18H9BClN/c19-12-6-2-8-14-16(12)10-4-1-5-11-17-13(20)7-3-9-15(17)21(14)18(10)11/h1-9H. The fourth-order valence-electron chi connectivity index (χ4n) is 3.56. The van der Waals surface area contributed by atoms with Crippen LogP contribution in [0.5, 0.6) is 0 Å².